The fraction of sp³-hybridized carbons (Fsp3) is 0.429. The van der Waals surface area contributed by atoms with Gasteiger partial charge in [0.05, 0.1) is 12.0 Å². The van der Waals surface area contributed by atoms with Crippen LogP contribution in [0.5, 0.6) is 11.5 Å². The quantitative estimate of drug-likeness (QED) is 0.442. The molecule has 0 fully saturated rings. The Balaban J connectivity index is 2.51. The van der Waals surface area contributed by atoms with Crippen LogP contribution in [0.15, 0.2) is 11.0 Å². The summed E-state index contributed by atoms with van der Waals surface area (Å²) < 4.78 is 24.5. The summed E-state index contributed by atoms with van der Waals surface area (Å²) in [5, 5.41) is 11.4. The van der Waals surface area contributed by atoms with Gasteiger partial charge in [0.25, 0.3) is 0 Å². The van der Waals surface area contributed by atoms with Crippen molar-refractivity contribution in [2.75, 3.05) is 31.5 Å². The molecule has 0 saturated heterocycles. The van der Waals surface area contributed by atoms with Crippen LogP contribution in [0, 0.1) is 10.7 Å². The SMILES string of the molecule is CCP(=O)(CC)COc1cc(SC#N)c(OC)c2sc(N)nc12. The van der Waals surface area contributed by atoms with E-state index in [-0.39, 0.29) is 6.35 Å². The molecule has 0 bridgehead atoms. The molecule has 0 aliphatic carbocycles. The molecular formula is C14H18N3O3PS2. The third-order valence-corrected chi connectivity index (χ3v) is 7.94. The molecule has 2 aromatic rings. The van der Waals surface area contributed by atoms with Crippen LogP contribution in [0.25, 0.3) is 10.2 Å². The van der Waals surface area contributed by atoms with Crippen molar-refractivity contribution >= 4 is 45.6 Å². The van der Waals surface area contributed by atoms with E-state index in [1.165, 1.54) is 18.4 Å². The number of benzene rings is 1. The lowest BCUT2D eigenvalue weighted by molar-refractivity contribution is 0.375. The molecule has 1 aromatic carbocycles. The predicted molar refractivity (Wildman–Crippen MR) is 96.2 cm³/mol. The largest absolute Gasteiger partial charge is 0.494 e. The predicted octanol–water partition coefficient (Wildman–Crippen LogP) is 4.20. The Morgan fingerprint density at radius 3 is 2.74 bits per heavy atom. The van der Waals surface area contributed by atoms with Crippen molar-refractivity contribution in [3.05, 3.63) is 6.07 Å². The molecule has 2 N–H and O–H groups in total. The van der Waals surface area contributed by atoms with Gasteiger partial charge in [-0.15, -0.1) is 0 Å². The summed E-state index contributed by atoms with van der Waals surface area (Å²) in [6, 6.07) is 1.70. The minimum absolute atomic E-state index is 0.148. The highest BCUT2D eigenvalue weighted by molar-refractivity contribution is 8.03. The fourth-order valence-electron chi connectivity index (χ4n) is 2.04. The fourth-order valence-corrected chi connectivity index (χ4v) is 4.71. The molecule has 0 saturated carbocycles. The van der Waals surface area contributed by atoms with E-state index in [4.69, 9.17) is 20.5 Å². The zero-order chi connectivity index (χ0) is 17.0. The summed E-state index contributed by atoms with van der Waals surface area (Å²) in [5.74, 6) is 1.04. The minimum atomic E-state index is -2.35. The number of nitriles is 1. The Kier molecular flexibility index (Phi) is 5.79. The molecule has 0 aliphatic heterocycles. The zero-order valence-corrected chi connectivity index (χ0v) is 15.7. The maximum absolute atomic E-state index is 12.5. The van der Waals surface area contributed by atoms with Gasteiger partial charge in [0.1, 0.15) is 34.9 Å². The number of anilines is 1. The summed E-state index contributed by atoms with van der Waals surface area (Å²) in [6.07, 6.45) is 1.32. The number of hydrogen-bond acceptors (Lipinski definition) is 8. The lowest BCUT2D eigenvalue weighted by Crippen LogP contribution is -2.04. The Hall–Kier alpha value is -1.42. The van der Waals surface area contributed by atoms with E-state index in [1.54, 1.807) is 6.07 Å². The smallest absolute Gasteiger partial charge is 0.181 e. The van der Waals surface area contributed by atoms with Crippen LogP contribution in [0.3, 0.4) is 0 Å². The molecule has 0 aliphatic rings. The van der Waals surface area contributed by atoms with Crippen LogP contribution in [0.2, 0.25) is 0 Å². The molecule has 0 radical (unpaired) electrons. The molecule has 0 unspecified atom stereocenters. The van der Waals surface area contributed by atoms with Gasteiger partial charge in [0.15, 0.2) is 10.9 Å². The zero-order valence-electron chi connectivity index (χ0n) is 13.2. The van der Waals surface area contributed by atoms with Gasteiger partial charge in [-0.2, -0.15) is 5.26 Å². The Bertz CT molecular complexity index is 793. The average Bonchev–Trinajstić information content (AvgIpc) is 2.94. The second-order valence-corrected chi connectivity index (χ2v) is 10.3. The average molecular weight is 371 g/mol. The number of thiocyanates is 1. The molecule has 124 valence electrons. The van der Waals surface area contributed by atoms with Crippen LogP contribution >= 0.6 is 30.2 Å². The van der Waals surface area contributed by atoms with Gasteiger partial charge in [-0.1, -0.05) is 25.2 Å². The summed E-state index contributed by atoms with van der Waals surface area (Å²) in [5.41, 5.74) is 6.39. The first kappa shape index (κ1) is 17.9. The number of nitrogens with zero attached hydrogens (tertiary/aromatic N) is 2. The number of hydrogen-bond donors (Lipinski definition) is 1. The van der Waals surface area contributed by atoms with Crippen molar-refractivity contribution in [2.24, 2.45) is 0 Å². The first-order valence-electron chi connectivity index (χ1n) is 7.00. The second kappa shape index (κ2) is 7.43. The summed E-state index contributed by atoms with van der Waals surface area (Å²) in [7, 11) is -0.811. The van der Waals surface area contributed by atoms with Gasteiger partial charge in [-0.05, 0) is 11.8 Å². The number of fused-ring (bicyclic) bond motifs is 1. The number of aromatic nitrogens is 1. The summed E-state index contributed by atoms with van der Waals surface area (Å²) in [4.78, 5) is 4.91. The first-order valence-corrected chi connectivity index (χ1v) is 10.9. The molecule has 0 spiro atoms. The monoisotopic (exact) mass is 371 g/mol. The van der Waals surface area contributed by atoms with Crippen molar-refractivity contribution in [1.82, 2.24) is 4.98 Å². The van der Waals surface area contributed by atoms with E-state index in [1.807, 2.05) is 19.2 Å². The van der Waals surface area contributed by atoms with Crippen molar-refractivity contribution in [2.45, 2.75) is 18.7 Å². The van der Waals surface area contributed by atoms with Gasteiger partial charge in [-0.3, -0.25) is 0 Å². The maximum atomic E-state index is 12.5. The molecule has 1 heterocycles. The minimum Gasteiger partial charge on any atom is -0.494 e. The number of thiazole rings is 1. The Labute approximate surface area is 143 Å². The van der Waals surface area contributed by atoms with Crippen LogP contribution < -0.4 is 15.2 Å². The van der Waals surface area contributed by atoms with Crippen molar-refractivity contribution in [1.29, 1.82) is 5.26 Å². The van der Waals surface area contributed by atoms with Crippen LogP contribution in [-0.2, 0) is 4.57 Å². The molecule has 1 aromatic heterocycles. The van der Waals surface area contributed by atoms with E-state index in [9.17, 15) is 4.57 Å². The van der Waals surface area contributed by atoms with Crippen molar-refractivity contribution in [3.8, 4) is 16.9 Å². The van der Waals surface area contributed by atoms with Crippen molar-refractivity contribution in [3.63, 3.8) is 0 Å². The van der Waals surface area contributed by atoms with Crippen LogP contribution in [-0.4, -0.2) is 30.8 Å². The van der Waals surface area contributed by atoms with Crippen molar-refractivity contribution < 1.29 is 14.0 Å². The number of thioether (sulfide) groups is 1. The molecule has 23 heavy (non-hydrogen) atoms. The molecule has 6 nitrogen and oxygen atoms in total. The highest BCUT2D eigenvalue weighted by Crippen LogP contribution is 2.48. The topological polar surface area (TPSA) is 98.2 Å². The molecule has 0 atom stereocenters. The molecular weight excluding hydrogens is 353 g/mol. The Morgan fingerprint density at radius 2 is 2.17 bits per heavy atom. The van der Waals surface area contributed by atoms with E-state index in [2.05, 4.69) is 4.98 Å². The van der Waals surface area contributed by atoms with E-state index in [0.29, 0.717) is 39.4 Å². The van der Waals surface area contributed by atoms with Gasteiger partial charge in [0.2, 0.25) is 0 Å². The van der Waals surface area contributed by atoms with Gasteiger partial charge in [0, 0.05) is 18.4 Å². The van der Waals surface area contributed by atoms with Crippen LogP contribution in [0.1, 0.15) is 13.8 Å². The van der Waals surface area contributed by atoms with Crippen LogP contribution in [0.4, 0.5) is 5.13 Å². The van der Waals surface area contributed by atoms with E-state index < -0.39 is 7.14 Å². The number of rotatable bonds is 7. The molecule has 2 rings (SSSR count). The van der Waals surface area contributed by atoms with Gasteiger partial charge in [-0.25, -0.2) is 4.98 Å². The third kappa shape index (κ3) is 3.74. The van der Waals surface area contributed by atoms with Gasteiger partial charge >= 0.3 is 0 Å². The third-order valence-electron chi connectivity index (χ3n) is 3.54. The molecule has 9 heteroatoms. The number of ether oxygens (including phenoxy) is 2. The first-order chi connectivity index (χ1) is 11.0. The second-order valence-electron chi connectivity index (χ2n) is 4.79. The number of nitrogens with two attached hydrogens (primary N) is 1. The lowest BCUT2D eigenvalue weighted by Gasteiger charge is -2.16. The highest BCUT2D eigenvalue weighted by atomic mass is 32.2. The van der Waals surface area contributed by atoms with E-state index in [0.717, 1.165) is 16.5 Å². The highest BCUT2D eigenvalue weighted by Gasteiger charge is 2.22. The van der Waals surface area contributed by atoms with Gasteiger partial charge < -0.3 is 19.8 Å². The lowest BCUT2D eigenvalue weighted by atomic mass is 10.3. The Morgan fingerprint density at radius 1 is 1.48 bits per heavy atom. The summed E-state index contributed by atoms with van der Waals surface area (Å²) >= 11 is 2.25. The summed E-state index contributed by atoms with van der Waals surface area (Å²) in [6.45, 7) is 3.80. The molecule has 0 amide bonds. The normalized spacial score (nSPS) is 11.4. The number of methoxy groups -OCH3 is 1. The number of nitrogen functional groups attached to an aromatic ring is 1. The standard InChI is InChI=1S/C14H18N3O3PS2/c1-4-21(18,5-2)8-20-9-6-10(22-7-15)12(19-3)13-11(9)17-14(16)23-13/h6H,4-5,8H2,1-3H3,(H2,16,17). The van der Waals surface area contributed by atoms with E-state index >= 15 is 0 Å². The maximum Gasteiger partial charge on any atom is 0.181 e.